The third-order valence-corrected chi connectivity index (χ3v) is 5.26. The molecule has 0 radical (unpaired) electrons. The second-order valence-electron chi connectivity index (χ2n) is 7.22. The van der Waals surface area contributed by atoms with Crippen LogP contribution in [0.1, 0.15) is 17.5 Å². The highest BCUT2D eigenvalue weighted by atomic mass is 16.5. The van der Waals surface area contributed by atoms with E-state index in [1.54, 1.807) is 0 Å². The van der Waals surface area contributed by atoms with Crippen LogP contribution in [-0.4, -0.2) is 61.8 Å². The number of hydrogen-bond donors (Lipinski definition) is 3. The first-order chi connectivity index (χ1) is 12.5. The lowest BCUT2D eigenvalue weighted by molar-refractivity contribution is 0.0467. The van der Waals surface area contributed by atoms with Gasteiger partial charge in [-0.2, -0.15) is 4.91 Å². The first kappa shape index (κ1) is 18.9. The largest absolute Gasteiger partial charge is 0.570 e. The van der Waals surface area contributed by atoms with Crippen LogP contribution in [0.25, 0.3) is 0 Å². The summed E-state index contributed by atoms with van der Waals surface area (Å²) in [5.41, 5.74) is 2.88. The molecule has 3 rings (SSSR count). The lowest BCUT2D eigenvalue weighted by atomic mass is 9.68. The van der Waals surface area contributed by atoms with Crippen molar-refractivity contribution in [1.29, 1.82) is 0 Å². The molecule has 3 atom stereocenters. The van der Waals surface area contributed by atoms with Gasteiger partial charge in [0.05, 0.1) is 12.0 Å². The lowest BCUT2D eigenvalue weighted by Crippen LogP contribution is -2.54. The van der Waals surface area contributed by atoms with Crippen molar-refractivity contribution < 1.29 is 9.76 Å². The highest BCUT2D eigenvalue weighted by Gasteiger charge is 2.38. The van der Waals surface area contributed by atoms with E-state index >= 15 is 0 Å². The highest BCUT2D eigenvalue weighted by Crippen LogP contribution is 2.30. The normalized spacial score (nSPS) is 26.0. The molecular weight excluding hydrogens is 331 g/mol. The van der Waals surface area contributed by atoms with Gasteiger partial charge in [0.15, 0.2) is 0 Å². The second-order valence-corrected chi connectivity index (χ2v) is 7.22. The summed E-state index contributed by atoms with van der Waals surface area (Å²) in [6, 6.07) is 6.11. The van der Waals surface area contributed by atoms with Crippen LogP contribution < -0.4 is 15.3 Å². The topological polar surface area (TPSA) is 86.2 Å². The number of rotatable bonds is 6. The Balaban J connectivity index is 1.59. The fourth-order valence-electron chi connectivity index (χ4n) is 3.86. The lowest BCUT2D eigenvalue weighted by Gasteiger charge is -2.37. The maximum Gasteiger partial charge on any atom is 0.570 e. The number of β-amino-alcohol motifs (C(OH)–C–C–N with tert-alkyl or cyclic N) is 1. The molecule has 0 aliphatic carbocycles. The first-order valence-electron chi connectivity index (χ1n) is 9.11. The van der Waals surface area contributed by atoms with Crippen LogP contribution in [0.3, 0.4) is 0 Å². The van der Waals surface area contributed by atoms with E-state index in [9.17, 15) is 10.0 Å². The van der Waals surface area contributed by atoms with Crippen molar-refractivity contribution in [2.45, 2.75) is 37.9 Å². The molecule has 7 nitrogen and oxygen atoms in total. The summed E-state index contributed by atoms with van der Waals surface area (Å²) < 4.78 is 5.82. The number of fused-ring (bicyclic) bond motifs is 1. The average molecular weight is 358 g/mol. The zero-order valence-corrected chi connectivity index (χ0v) is 15.4. The Bertz CT molecular complexity index is 672. The van der Waals surface area contributed by atoms with E-state index in [1.165, 1.54) is 0 Å². The molecule has 0 amide bonds. The highest BCUT2D eigenvalue weighted by molar-refractivity contribution is 6.53. The van der Waals surface area contributed by atoms with Crippen LogP contribution in [0.15, 0.2) is 35.6 Å². The summed E-state index contributed by atoms with van der Waals surface area (Å²) in [5.74, 6) is 0.520. The molecule has 2 aliphatic rings. The summed E-state index contributed by atoms with van der Waals surface area (Å²) in [6.07, 6.45) is 1.17. The van der Waals surface area contributed by atoms with Crippen molar-refractivity contribution in [3.05, 3.63) is 46.5 Å². The van der Waals surface area contributed by atoms with Crippen molar-refractivity contribution in [2.24, 2.45) is 5.09 Å². The Morgan fingerprint density at radius 3 is 3.04 bits per heavy atom. The molecule has 1 fully saturated rings. The summed E-state index contributed by atoms with van der Waals surface area (Å²) in [5, 5.41) is 19.8. The van der Waals surface area contributed by atoms with Gasteiger partial charge >= 0.3 is 7.05 Å². The molecule has 0 bridgehead atoms. The predicted molar refractivity (Wildman–Crippen MR) is 103 cm³/mol. The first-order valence-corrected chi connectivity index (χ1v) is 9.11. The van der Waals surface area contributed by atoms with E-state index in [1.807, 2.05) is 32.2 Å². The van der Waals surface area contributed by atoms with Crippen molar-refractivity contribution in [1.82, 2.24) is 15.5 Å². The average Bonchev–Trinajstić information content (AvgIpc) is 2.61. The number of nitrogens with zero attached hydrogens (tertiary/aromatic N) is 2. The molecule has 8 heteroatoms. The summed E-state index contributed by atoms with van der Waals surface area (Å²) >= 11 is 0. The van der Waals surface area contributed by atoms with Crippen molar-refractivity contribution >= 4 is 7.05 Å². The number of piperidine rings is 1. The number of benzene rings is 1. The smallest absolute Gasteiger partial charge is 0.537 e. The predicted octanol–water partition coefficient (Wildman–Crippen LogP) is 0.850. The Morgan fingerprint density at radius 2 is 2.35 bits per heavy atom. The van der Waals surface area contributed by atoms with E-state index in [0.717, 1.165) is 35.5 Å². The summed E-state index contributed by atoms with van der Waals surface area (Å²) in [7, 11) is 1.10. The van der Waals surface area contributed by atoms with E-state index in [2.05, 4.69) is 27.2 Å². The number of aliphatic hydroxyl groups excluding tert-OH is 1. The van der Waals surface area contributed by atoms with E-state index < -0.39 is 7.05 Å². The van der Waals surface area contributed by atoms with Gasteiger partial charge in [0.25, 0.3) is 0 Å². The third kappa shape index (κ3) is 4.08. The molecule has 2 heterocycles. The van der Waals surface area contributed by atoms with Crippen molar-refractivity contribution in [2.75, 3.05) is 26.7 Å². The van der Waals surface area contributed by atoms with E-state index in [0.29, 0.717) is 19.5 Å². The molecule has 2 aliphatic heterocycles. The molecular formula is C18H27BN4O3. The van der Waals surface area contributed by atoms with Crippen LogP contribution in [0.4, 0.5) is 0 Å². The Hall–Kier alpha value is -1.90. The SMILES string of the molecule is C=C(CN1CCC(NC)C(O)C1)NC1Cc2cccc(C)c2OB1N=O. The van der Waals surface area contributed by atoms with Gasteiger partial charge in [-0.1, -0.05) is 29.9 Å². The van der Waals surface area contributed by atoms with Gasteiger partial charge < -0.3 is 20.4 Å². The molecule has 140 valence electrons. The summed E-state index contributed by atoms with van der Waals surface area (Å²) in [4.78, 5) is 13.4. The van der Waals surface area contributed by atoms with Gasteiger partial charge in [-0.05, 0) is 37.9 Å². The van der Waals surface area contributed by atoms with Crippen LogP contribution in [-0.2, 0) is 6.42 Å². The minimum absolute atomic E-state index is 0.141. The van der Waals surface area contributed by atoms with Gasteiger partial charge in [0.1, 0.15) is 5.75 Å². The molecule has 1 saturated heterocycles. The number of aliphatic hydroxyl groups is 1. The number of likely N-dealkylation sites (N-methyl/N-ethyl adjacent to an activating group) is 1. The van der Waals surface area contributed by atoms with Crippen LogP contribution in [0, 0.1) is 11.8 Å². The Morgan fingerprint density at radius 1 is 1.54 bits per heavy atom. The Labute approximate surface area is 154 Å². The standard InChI is InChI=1S/C18H27BN4O3/c1-12-5-4-6-14-9-17(19(22-25)26-18(12)14)21-13(2)10-23-8-7-15(20-3)16(24)11-23/h4-6,15-17,20-21,24H,2,7-11H2,1,3H3. The van der Waals surface area contributed by atoms with Crippen LogP contribution in [0.2, 0.25) is 0 Å². The minimum atomic E-state index is -0.777. The molecule has 0 spiro atoms. The zero-order valence-electron chi connectivity index (χ0n) is 15.4. The van der Waals surface area contributed by atoms with Crippen molar-refractivity contribution in [3.8, 4) is 5.75 Å². The number of likely N-dealkylation sites (tertiary alicyclic amines) is 1. The molecule has 1 aromatic rings. The fraction of sp³-hybridized carbons (Fsp3) is 0.556. The number of aryl methyl sites for hydroxylation is 1. The fourth-order valence-corrected chi connectivity index (χ4v) is 3.86. The van der Waals surface area contributed by atoms with E-state index in [-0.39, 0.29) is 18.1 Å². The minimum Gasteiger partial charge on any atom is -0.537 e. The van der Waals surface area contributed by atoms with Gasteiger partial charge in [0, 0.05) is 31.4 Å². The van der Waals surface area contributed by atoms with Gasteiger partial charge in [-0.15, -0.1) is 0 Å². The molecule has 26 heavy (non-hydrogen) atoms. The number of nitroso groups, excluding NO2 is 1. The van der Waals surface area contributed by atoms with Crippen molar-refractivity contribution in [3.63, 3.8) is 0 Å². The summed E-state index contributed by atoms with van der Waals surface area (Å²) in [6.45, 7) is 8.18. The quantitative estimate of drug-likeness (QED) is 0.516. The third-order valence-electron chi connectivity index (χ3n) is 5.26. The molecule has 0 aromatic heterocycles. The van der Waals surface area contributed by atoms with Crippen LogP contribution >= 0.6 is 0 Å². The molecule has 3 unspecified atom stereocenters. The maximum atomic E-state index is 11.3. The van der Waals surface area contributed by atoms with Gasteiger partial charge in [-0.3, -0.25) is 4.90 Å². The number of hydrogen-bond acceptors (Lipinski definition) is 7. The van der Waals surface area contributed by atoms with E-state index in [4.69, 9.17) is 4.65 Å². The van der Waals surface area contributed by atoms with Gasteiger partial charge in [0.2, 0.25) is 0 Å². The Kier molecular flexibility index (Phi) is 5.96. The maximum absolute atomic E-state index is 11.3. The van der Waals surface area contributed by atoms with Gasteiger partial charge in [-0.25, -0.2) is 0 Å². The monoisotopic (exact) mass is 358 g/mol. The van der Waals surface area contributed by atoms with Crippen LogP contribution in [0.5, 0.6) is 5.75 Å². The molecule has 0 saturated carbocycles. The molecule has 3 N–H and O–H groups in total. The zero-order chi connectivity index (χ0) is 18.7. The number of nitrogens with one attached hydrogen (secondary N) is 2. The number of para-hydroxylation sites is 1. The second kappa shape index (κ2) is 8.20. The molecule has 1 aromatic carbocycles.